The maximum atomic E-state index is 12.8. The summed E-state index contributed by atoms with van der Waals surface area (Å²) in [5.74, 6) is 0. The molecule has 2 nitrogen and oxygen atoms in total. The summed E-state index contributed by atoms with van der Waals surface area (Å²) in [4.78, 5) is 2.19. The van der Waals surface area contributed by atoms with E-state index in [9.17, 15) is 13.2 Å². The van der Waals surface area contributed by atoms with Crippen LogP contribution in [0.25, 0.3) is 0 Å². The van der Waals surface area contributed by atoms with E-state index in [2.05, 4.69) is 4.90 Å². The highest BCUT2D eigenvalue weighted by atomic mass is 19.4. The Balaban J connectivity index is 2.26. The molecule has 1 aliphatic heterocycles. The number of alkyl halides is 3. The van der Waals surface area contributed by atoms with Crippen LogP contribution in [0.3, 0.4) is 0 Å². The highest BCUT2D eigenvalue weighted by molar-refractivity contribution is 6.04. The zero-order valence-electron chi connectivity index (χ0n) is 12.4. The van der Waals surface area contributed by atoms with Gasteiger partial charge in [0.15, 0.2) is 0 Å². The summed E-state index contributed by atoms with van der Waals surface area (Å²) < 4.78 is 38.4. The largest absolute Gasteiger partial charge is 0.416 e. The first-order chi connectivity index (χ1) is 9.73. The van der Waals surface area contributed by atoms with Gasteiger partial charge in [0.1, 0.15) is 0 Å². The number of hydrogen-bond acceptors (Lipinski definition) is 2. The normalized spacial score (nSPS) is 17.8. The van der Waals surface area contributed by atoms with Crippen molar-refractivity contribution < 1.29 is 13.2 Å². The van der Waals surface area contributed by atoms with Crippen molar-refractivity contribution in [3.8, 4) is 0 Å². The fourth-order valence-electron chi connectivity index (χ4n) is 2.82. The molecular weight excluding hydrogens is 277 g/mol. The van der Waals surface area contributed by atoms with Gasteiger partial charge in [-0.1, -0.05) is 18.6 Å². The molecule has 1 aromatic carbocycles. The number of nitrogens with zero attached hydrogens (tertiary/aromatic N) is 1. The molecule has 0 spiro atoms. The molecule has 1 aliphatic rings. The minimum absolute atomic E-state index is 0.246. The molecule has 2 rings (SSSR count). The quantitative estimate of drug-likeness (QED) is 0.826. The molecule has 0 amide bonds. The van der Waals surface area contributed by atoms with Crippen LogP contribution in [0.2, 0.25) is 0 Å². The van der Waals surface area contributed by atoms with Gasteiger partial charge in [-0.25, -0.2) is 0 Å². The number of rotatable bonds is 3. The minimum Gasteiger partial charge on any atom is -0.303 e. The van der Waals surface area contributed by atoms with Crippen LogP contribution in [0, 0.1) is 5.41 Å². The summed E-state index contributed by atoms with van der Waals surface area (Å²) in [7, 11) is 0. The van der Waals surface area contributed by atoms with E-state index in [-0.39, 0.29) is 5.71 Å². The summed E-state index contributed by atoms with van der Waals surface area (Å²) >= 11 is 0. The van der Waals surface area contributed by atoms with E-state index < -0.39 is 17.3 Å². The molecule has 1 N–H and O–H groups in total. The summed E-state index contributed by atoms with van der Waals surface area (Å²) in [6.07, 6.45) is -1.02. The molecule has 21 heavy (non-hydrogen) atoms. The second-order valence-electron chi connectivity index (χ2n) is 6.06. The molecule has 0 radical (unpaired) electrons. The standard InChI is InChI=1S/C16H21F3N2/c1-15(2,21-9-4-3-5-10-21)14(20)12-7-6-8-13(11-12)16(17,18)19/h6-8,11,20H,3-5,9-10H2,1-2H3. The third-order valence-electron chi connectivity index (χ3n) is 4.24. The number of piperidine rings is 1. The Kier molecular flexibility index (Phi) is 4.42. The lowest BCUT2D eigenvalue weighted by Crippen LogP contribution is -2.52. The fraction of sp³-hybridized carbons (Fsp3) is 0.562. The van der Waals surface area contributed by atoms with Crippen LogP contribution in [0.4, 0.5) is 13.2 Å². The van der Waals surface area contributed by atoms with Crippen molar-refractivity contribution in [2.45, 2.75) is 44.8 Å². The Hall–Kier alpha value is -1.36. The number of benzene rings is 1. The molecule has 0 atom stereocenters. The third-order valence-corrected chi connectivity index (χ3v) is 4.24. The molecular formula is C16H21F3N2. The topological polar surface area (TPSA) is 27.1 Å². The van der Waals surface area contributed by atoms with Gasteiger partial charge >= 0.3 is 6.18 Å². The van der Waals surface area contributed by atoms with E-state index in [4.69, 9.17) is 5.41 Å². The van der Waals surface area contributed by atoms with Gasteiger partial charge in [0.05, 0.1) is 16.8 Å². The lowest BCUT2D eigenvalue weighted by Gasteiger charge is -2.41. The second-order valence-corrected chi connectivity index (χ2v) is 6.06. The molecule has 1 fully saturated rings. The molecule has 0 saturated carbocycles. The van der Waals surface area contributed by atoms with Crippen molar-refractivity contribution in [3.05, 3.63) is 35.4 Å². The highest BCUT2D eigenvalue weighted by Gasteiger charge is 2.35. The van der Waals surface area contributed by atoms with Crippen LogP contribution in [0.1, 0.15) is 44.2 Å². The fourth-order valence-corrected chi connectivity index (χ4v) is 2.82. The molecule has 0 aromatic heterocycles. The van der Waals surface area contributed by atoms with Crippen molar-refractivity contribution in [1.82, 2.24) is 4.90 Å². The van der Waals surface area contributed by atoms with Gasteiger partial charge < -0.3 is 5.41 Å². The summed E-state index contributed by atoms with van der Waals surface area (Å²) in [6, 6.07) is 5.08. The maximum absolute atomic E-state index is 12.8. The number of halogens is 3. The van der Waals surface area contributed by atoms with Crippen LogP contribution < -0.4 is 0 Å². The van der Waals surface area contributed by atoms with Crippen molar-refractivity contribution in [2.24, 2.45) is 0 Å². The Morgan fingerprint density at radius 1 is 1.10 bits per heavy atom. The van der Waals surface area contributed by atoms with Crippen molar-refractivity contribution in [3.63, 3.8) is 0 Å². The number of likely N-dealkylation sites (tertiary alicyclic amines) is 1. The highest BCUT2D eigenvalue weighted by Crippen LogP contribution is 2.31. The van der Waals surface area contributed by atoms with Gasteiger partial charge in [-0.2, -0.15) is 13.2 Å². The summed E-state index contributed by atoms with van der Waals surface area (Å²) in [6.45, 7) is 5.63. The monoisotopic (exact) mass is 298 g/mol. The predicted octanol–water partition coefficient (Wildman–Crippen LogP) is 4.34. The van der Waals surface area contributed by atoms with Crippen LogP contribution >= 0.6 is 0 Å². The van der Waals surface area contributed by atoms with Crippen LogP contribution in [-0.4, -0.2) is 29.2 Å². The molecule has 1 aromatic rings. The minimum atomic E-state index is -4.37. The van der Waals surface area contributed by atoms with Gasteiger partial charge in [0, 0.05) is 0 Å². The Morgan fingerprint density at radius 2 is 1.71 bits per heavy atom. The Bertz CT molecular complexity index is 514. The summed E-state index contributed by atoms with van der Waals surface area (Å²) in [5.41, 5.74) is -0.653. The maximum Gasteiger partial charge on any atom is 0.416 e. The van der Waals surface area contributed by atoms with Gasteiger partial charge in [-0.05, 0) is 57.5 Å². The van der Waals surface area contributed by atoms with E-state index in [1.807, 2.05) is 13.8 Å². The van der Waals surface area contributed by atoms with E-state index in [0.717, 1.165) is 38.1 Å². The van der Waals surface area contributed by atoms with E-state index in [0.29, 0.717) is 5.56 Å². The molecule has 0 bridgehead atoms. The van der Waals surface area contributed by atoms with Gasteiger partial charge in [-0.3, -0.25) is 4.90 Å². The molecule has 0 unspecified atom stereocenters. The average Bonchev–Trinajstić information content (AvgIpc) is 2.46. The smallest absolute Gasteiger partial charge is 0.303 e. The van der Waals surface area contributed by atoms with Gasteiger partial charge in [0.25, 0.3) is 0 Å². The zero-order chi connectivity index (χ0) is 15.7. The Labute approximate surface area is 123 Å². The van der Waals surface area contributed by atoms with Crippen LogP contribution in [0.15, 0.2) is 24.3 Å². The SMILES string of the molecule is CC(C)(C(=N)c1cccc(C(F)(F)F)c1)N1CCCCC1. The summed E-state index contributed by atoms with van der Waals surface area (Å²) in [5, 5.41) is 8.36. The van der Waals surface area contributed by atoms with Crippen molar-refractivity contribution >= 4 is 5.71 Å². The lowest BCUT2D eigenvalue weighted by atomic mass is 9.88. The van der Waals surface area contributed by atoms with Gasteiger partial charge in [0.2, 0.25) is 0 Å². The average molecular weight is 298 g/mol. The van der Waals surface area contributed by atoms with E-state index in [1.54, 1.807) is 6.07 Å². The predicted molar refractivity (Wildman–Crippen MR) is 77.8 cm³/mol. The number of nitrogens with one attached hydrogen (secondary N) is 1. The molecule has 5 heteroatoms. The second kappa shape index (κ2) is 5.79. The van der Waals surface area contributed by atoms with Crippen molar-refractivity contribution in [2.75, 3.05) is 13.1 Å². The Morgan fingerprint density at radius 3 is 2.29 bits per heavy atom. The van der Waals surface area contributed by atoms with Crippen LogP contribution in [-0.2, 0) is 6.18 Å². The zero-order valence-corrected chi connectivity index (χ0v) is 12.4. The molecule has 1 heterocycles. The van der Waals surface area contributed by atoms with Crippen LogP contribution in [0.5, 0.6) is 0 Å². The number of hydrogen-bond donors (Lipinski definition) is 1. The lowest BCUT2D eigenvalue weighted by molar-refractivity contribution is -0.137. The molecule has 1 saturated heterocycles. The molecule has 0 aliphatic carbocycles. The first kappa shape index (κ1) is 16.0. The first-order valence-electron chi connectivity index (χ1n) is 7.24. The molecule has 116 valence electrons. The van der Waals surface area contributed by atoms with E-state index in [1.165, 1.54) is 12.5 Å². The van der Waals surface area contributed by atoms with E-state index >= 15 is 0 Å². The first-order valence-corrected chi connectivity index (χ1v) is 7.24. The third kappa shape index (κ3) is 3.46. The van der Waals surface area contributed by atoms with Crippen molar-refractivity contribution in [1.29, 1.82) is 5.41 Å². The van der Waals surface area contributed by atoms with Gasteiger partial charge in [-0.15, -0.1) is 0 Å².